The third-order valence-electron chi connectivity index (χ3n) is 4.78. The first-order valence-electron chi connectivity index (χ1n) is 8.33. The van der Waals surface area contributed by atoms with Crippen molar-refractivity contribution in [3.05, 3.63) is 53.1 Å². The summed E-state index contributed by atoms with van der Waals surface area (Å²) >= 11 is 0. The number of amides is 1. The van der Waals surface area contributed by atoms with Crippen molar-refractivity contribution in [1.29, 1.82) is 0 Å². The molecule has 2 aromatic rings. The summed E-state index contributed by atoms with van der Waals surface area (Å²) in [6.45, 7) is 2.29. The molecule has 1 amide bonds. The molecule has 132 valence electrons. The minimum atomic E-state index is -0.0556. The number of phenols is 1. The van der Waals surface area contributed by atoms with Crippen LogP contribution in [0.4, 0.5) is 0 Å². The van der Waals surface area contributed by atoms with Gasteiger partial charge in [0.15, 0.2) is 11.5 Å². The Balaban J connectivity index is 1.96. The molecule has 0 aliphatic carbocycles. The lowest BCUT2D eigenvalue weighted by molar-refractivity contribution is -0.131. The van der Waals surface area contributed by atoms with Crippen molar-refractivity contribution in [3.63, 3.8) is 0 Å². The molecule has 0 fully saturated rings. The van der Waals surface area contributed by atoms with Gasteiger partial charge in [-0.1, -0.05) is 12.1 Å². The molecule has 1 heterocycles. The van der Waals surface area contributed by atoms with Crippen LogP contribution >= 0.6 is 0 Å². The Labute approximate surface area is 147 Å². The van der Waals surface area contributed by atoms with Gasteiger partial charge in [-0.2, -0.15) is 0 Å². The number of hydrogen-bond acceptors (Lipinski definition) is 4. The Morgan fingerprint density at radius 2 is 2.00 bits per heavy atom. The highest BCUT2D eigenvalue weighted by atomic mass is 16.5. The number of ether oxygens (including phenoxy) is 2. The molecule has 5 nitrogen and oxygen atoms in total. The molecule has 0 saturated heterocycles. The zero-order valence-electron chi connectivity index (χ0n) is 14.8. The average Bonchev–Trinajstić information content (AvgIpc) is 2.61. The van der Waals surface area contributed by atoms with E-state index < -0.39 is 0 Å². The Morgan fingerprint density at radius 1 is 1.20 bits per heavy atom. The highest BCUT2D eigenvalue weighted by molar-refractivity contribution is 5.74. The van der Waals surface area contributed by atoms with E-state index >= 15 is 0 Å². The van der Waals surface area contributed by atoms with Crippen LogP contribution in [-0.2, 0) is 17.6 Å². The molecule has 1 N–H and O–H groups in total. The summed E-state index contributed by atoms with van der Waals surface area (Å²) < 4.78 is 10.4. The number of phenolic OH excluding ortho intramolecular Hbond substituents is 1. The van der Waals surface area contributed by atoms with E-state index in [9.17, 15) is 9.90 Å². The van der Waals surface area contributed by atoms with Crippen LogP contribution in [0.1, 0.15) is 29.7 Å². The zero-order chi connectivity index (χ0) is 18.0. The van der Waals surface area contributed by atoms with Gasteiger partial charge in [-0.3, -0.25) is 4.79 Å². The van der Waals surface area contributed by atoms with Crippen LogP contribution in [0.3, 0.4) is 0 Å². The Bertz CT molecular complexity index is 787. The summed E-state index contributed by atoms with van der Waals surface area (Å²) in [6.07, 6.45) is 1.45. The van der Waals surface area contributed by atoms with Gasteiger partial charge in [0.1, 0.15) is 5.75 Å². The van der Waals surface area contributed by atoms with E-state index in [0.717, 1.165) is 23.3 Å². The number of rotatable bonds is 4. The van der Waals surface area contributed by atoms with Crippen LogP contribution in [0.15, 0.2) is 36.4 Å². The van der Waals surface area contributed by atoms with Crippen molar-refractivity contribution in [1.82, 2.24) is 4.90 Å². The number of carbonyl (C=O) groups is 1. The van der Waals surface area contributed by atoms with Gasteiger partial charge in [0, 0.05) is 13.5 Å². The summed E-state index contributed by atoms with van der Waals surface area (Å²) in [6, 6.07) is 11.3. The first kappa shape index (κ1) is 17.1. The van der Waals surface area contributed by atoms with Crippen molar-refractivity contribution >= 4 is 5.91 Å². The fourth-order valence-electron chi connectivity index (χ4n) is 3.50. The topological polar surface area (TPSA) is 59.0 Å². The van der Waals surface area contributed by atoms with Crippen molar-refractivity contribution in [3.8, 4) is 17.2 Å². The maximum atomic E-state index is 12.1. The fraction of sp³-hybridized carbons (Fsp3) is 0.350. The number of hydrogen-bond donors (Lipinski definition) is 1. The smallest absolute Gasteiger partial charge is 0.219 e. The van der Waals surface area contributed by atoms with E-state index in [0.29, 0.717) is 18.7 Å². The third-order valence-corrected chi connectivity index (χ3v) is 4.78. The molecule has 0 radical (unpaired) electrons. The second kappa shape index (κ2) is 7.05. The molecule has 5 heteroatoms. The SMILES string of the molecule is COc1ccc2c(c1)CCN(C(C)=O)C2Cc1ccc(OC)c(O)c1. The van der Waals surface area contributed by atoms with E-state index in [4.69, 9.17) is 9.47 Å². The van der Waals surface area contributed by atoms with E-state index in [2.05, 4.69) is 0 Å². The van der Waals surface area contributed by atoms with Gasteiger partial charge in [0.2, 0.25) is 5.91 Å². The third kappa shape index (κ3) is 3.40. The van der Waals surface area contributed by atoms with Gasteiger partial charge >= 0.3 is 0 Å². The Morgan fingerprint density at radius 3 is 2.64 bits per heavy atom. The van der Waals surface area contributed by atoms with Gasteiger partial charge in [0.25, 0.3) is 0 Å². The van der Waals surface area contributed by atoms with Crippen LogP contribution in [0, 0.1) is 0 Å². The van der Waals surface area contributed by atoms with Gasteiger partial charge in [-0.25, -0.2) is 0 Å². The summed E-state index contributed by atoms with van der Waals surface area (Å²) in [5.74, 6) is 1.45. The second-order valence-corrected chi connectivity index (χ2v) is 6.25. The van der Waals surface area contributed by atoms with Crippen molar-refractivity contribution in [2.75, 3.05) is 20.8 Å². The van der Waals surface area contributed by atoms with Gasteiger partial charge in [-0.05, 0) is 53.8 Å². The van der Waals surface area contributed by atoms with E-state index in [1.807, 2.05) is 29.2 Å². The minimum Gasteiger partial charge on any atom is -0.504 e. The molecule has 0 saturated carbocycles. The van der Waals surface area contributed by atoms with Crippen molar-refractivity contribution in [2.45, 2.75) is 25.8 Å². The van der Waals surface area contributed by atoms with Crippen LogP contribution < -0.4 is 9.47 Å². The average molecular weight is 341 g/mol. The minimum absolute atomic E-state index is 0.0556. The quantitative estimate of drug-likeness (QED) is 0.928. The highest BCUT2D eigenvalue weighted by Gasteiger charge is 2.29. The van der Waals surface area contributed by atoms with Crippen LogP contribution in [0.5, 0.6) is 17.2 Å². The molecule has 25 heavy (non-hydrogen) atoms. The molecule has 0 aromatic heterocycles. The number of methoxy groups -OCH3 is 2. The largest absolute Gasteiger partial charge is 0.504 e. The monoisotopic (exact) mass is 341 g/mol. The molecule has 1 aliphatic rings. The lowest BCUT2D eigenvalue weighted by Crippen LogP contribution is -2.39. The normalized spacial score (nSPS) is 16.3. The Kier molecular flexibility index (Phi) is 4.83. The summed E-state index contributed by atoms with van der Waals surface area (Å²) in [5.41, 5.74) is 3.30. The molecule has 0 bridgehead atoms. The molecule has 3 rings (SSSR count). The first-order chi connectivity index (χ1) is 12.0. The fourth-order valence-corrected chi connectivity index (χ4v) is 3.50. The second-order valence-electron chi connectivity index (χ2n) is 6.25. The van der Waals surface area contributed by atoms with Gasteiger partial charge < -0.3 is 19.5 Å². The number of benzene rings is 2. The van der Waals surface area contributed by atoms with Crippen LogP contribution in [0.25, 0.3) is 0 Å². The predicted molar refractivity (Wildman–Crippen MR) is 95.2 cm³/mol. The molecule has 0 spiro atoms. The standard InChI is InChI=1S/C20H23NO4/c1-13(22)21-9-8-15-12-16(24-2)5-6-17(15)18(21)10-14-4-7-20(25-3)19(23)11-14/h4-7,11-12,18,23H,8-10H2,1-3H3. The molecule has 1 atom stereocenters. The van der Waals surface area contributed by atoms with E-state index in [1.165, 1.54) is 12.7 Å². The lowest BCUT2D eigenvalue weighted by atomic mass is 9.88. The van der Waals surface area contributed by atoms with Gasteiger partial charge in [0.05, 0.1) is 20.3 Å². The van der Waals surface area contributed by atoms with Crippen molar-refractivity contribution in [2.24, 2.45) is 0 Å². The zero-order valence-corrected chi connectivity index (χ0v) is 14.8. The van der Waals surface area contributed by atoms with Crippen LogP contribution in [-0.4, -0.2) is 36.7 Å². The van der Waals surface area contributed by atoms with E-state index in [1.54, 1.807) is 26.2 Å². The molecule has 1 aliphatic heterocycles. The number of carbonyl (C=O) groups excluding carboxylic acids is 1. The summed E-state index contributed by atoms with van der Waals surface area (Å²) in [5, 5.41) is 10.0. The van der Waals surface area contributed by atoms with Gasteiger partial charge in [-0.15, -0.1) is 0 Å². The first-order valence-corrected chi connectivity index (χ1v) is 8.33. The summed E-state index contributed by atoms with van der Waals surface area (Å²) in [4.78, 5) is 14.0. The van der Waals surface area contributed by atoms with Crippen molar-refractivity contribution < 1.29 is 19.4 Å². The molecule has 1 unspecified atom stereocenters. The predicted octanol–water partition coefficient (Wildman–Crippen LogP) is 3.10. The molecular formula is C20H23NO4. The Hall–Kier alpha value is -2.69. The van der Waals surface area contributed by atoms with Crippen LogP contribution in [0.2, 0.25) is 0 Å². The highest BCUT2D eigenvalue weighted by Crippen LogP contribution is 2.36. The molecular weight excluding hydrogens is 318 g/mol. The number of fused-ring (bicyclic) bond motifs is 1. The van der Waals surface area contributed by atoms with E-state index in [-0.39, 0.29) is 17.7 Å². The summed E-state index contributed by atoms with van der Waals surface area (Å²) in [7, 11) is 3.18. The molecule has 2 aromatic carbocycles. The number of aromatic hydroxyl groups is 1. The number of nitrogens with zero attached hydrogens (tertiary/aromatic N) is 1. The lowest BCUT2D eigenvalue weighted by Gasteiger charge is -2.37. The maximum absolute atomic E-state index is 12.1. The maximum Gasteiger partial charge on any atom is 0.219 e.